The summed E-state index contributed by atoms with van der Waals surface area (Å²) >= 11 is 0. The van der Waals surface area contributed by atoms with E-state index in [-0.39, 0.29) is 42.0 Å². The van der Waals surface area contributed by atoms with Crippen LogP contribution in [0.4, 0.5) is 5.69 Å². The normalized spacial score (nSPS) is 15.7. The van der Waals surface area contributed by atoms with Crippen LogP contribution in [0.2, 0.25) is 0 Å². The summed E-state index contributed by atoms with van der Waals surface area (Å²) in [6, 6.07) is 6.12. The predicted octanol–water partition coefficient (Wildman–Crippen LogP) is 0.996. The summed E-state index contributed by atoms with van der Waals surface area (Å²) in [6.07, 6.45) is 2.81. The van der Waals surface area contributed by atoms with Crippen molar-refractivity contribution >= 4 is 23.4 Å². The molecule has 0 saturated carbocycles. The van der Waals surface area contributed by atoms with Gasteiger partial charge in [-0.15, -0.1) is 0 Å². The molecule has 1 amide bonds. The molecule has 1 aliphatic heterocycles. The van der Waals surface area contributed by atoms with E-state index >= 15 is 0 Å². The van der Waals surface area contributed by atoms with E-state index in [1.54, 1.807) is 31.2 Å². The van der Waals surface area contributed by atoms with Gasteiger partial charge in [-0.25, -0.2) is 4.98 Å². The van der Waals surface area contributed by atoms with Gasteiger partial charge in [0.25, 0.3) is 5.56 Å². The lowest BCUT2D eigenvalue weighted by Gasteiger charge is -2.18. The minimum Gasteiger partial charge on any atom is -0.481 e. The second kappa shape index (κ2) is 9.41. The maximum atomic E-state index is 13.0. The molecule has 0 bridgehead atoms. The summed E-state index contributed by atoms with van der Waals surface area (Å²) < 4.78 is 1.42. The quantitative estimate of drug-likeness (QED) is 0.295. The fourth-order valence-corrected chi connectivity index (χ4v) is 3.54. The standard InChI is InChI=1S/C21H26N6O4/c1-12(2-9-18(28)29)26-15-11-24-17-8-7-16(27(17)21(15)31)20(30)25-10-13-3-5-14(6-4-13)19(22)23/h3-6,11-12,16,26H,2,7-10H2,1H3,(H3,22,23)(H,25,30)(H,28,29)/t12-,16?/m0/s1. The van der Waals surface area contributed by atoms with Crippen LogP contribution in [0.3, 0.4) is 0 Å². The Balaban J connectivity index is 1.68. The number of nitrogens with zero attached hydrogens (tertiary/aromatic N) is 2. The van der Waals surface area contributed by atoms with E-state index in [0.29, 0.717) is 30.7 Å². The molecule has 1 aliphatic rings. The monoisotopic (exact) mass is 426 g/mol. The van der Waals surface area contributed by atoms with Gasteiger partial charge in [-0.3, -0.25) is 24.4 Å². The van der Waals surface area contributed by atoms with Crippen molar-refractivity contribution in [1.82, 2.24) is 14.9 Å². The van der Waals surface area contributed by atoms with Gasteiger partial charge < -0.3 is 21.5 Å². The Bertz CT molecular complexity index is 1050. The van der Waals surface area contributed by atoms with Gasteiger partial charge in [-0.1, -0.05) is 24.3 Å². The van der Waals surface area contributed by atoms with Gasteiger partial charge in [0.15, 0.2) is 0 Å². The Morgan fingerprint density at radius 3 is 2.71 bits per heavy atom. The van der Waals surface area contributed by atoms with Crippen LogP contribution in [0.25, 0.3) is 0 Å². The van der Waals surface area contributed by atoms with Gasteiger partial charge in [-0.05, 0) is 25.3 Å². The second-order valence-electron chi connectivity index (χ2n) is 7.62. The minimum atomic E-state index is -0.898. The van der Waals surface area contributed by atoms with E-state index in [2.05, 4.69) is 15.6 Å². The number of benzene rings is 1. The molecule has 6 N–H and O–H groups in total. The molecular weight excluding hydrogens is 400 g/mol. The van der Waals surface area contributed by atoms with Crippen molar-refractivity contribution in [2.24, 2.45) is 5.73 Å². The van der Waals surface area contributed by atoms with Crippen LogP contribution >= 0.6 is 0 Å². The lowest BCUT2D eigenvalue weighted by atomic mass is 10.1. The highest BCUT2D eigenvalue weighted by molar-refractivity contribution is 5.94. The first-order valence-electron chi connectivity index (χ1n) is 10.1. The molecule has 2 heterocycles. The van der Waals surface area contributed by atoms with Crippen LogP contribution < -0.4 is 21.9 Å². The number of hydrogen-bond donors (Lipinski definition) is 5. The van der Waals surface area contributed by atoms with Crippen LogP contribution in [0, 0.1) is 5.41 Å². The predicted molar refractivity (Wildman–Crippen MR) is 115 cm³/mol. The number of carbonyl (C=O) groups is 2. The number of carboxylic acid groups (broad SMARTS) is 1. The number of rotatable bonds is 9. The molecule has 1 aromatic heterocycles. The van der Waals surface area contributed by atoms with Crippen LogP contribution in [0.1, 0.15) is 49.2 Å². The van der Waals surface area contributed by atoms with E-state index in [4.69, 9.17) is 16.2 Å². The fraction of sp³-hybridized carbons (Fsp3) is 0.381. The lowest BCUT2D eigenvalue weighted by Crippen LogP contribution is -2.37. The number of amidine groups is 1. The van der Waals surface area contributed by atoms with E-state index in [1.807, 2.05) is 0 Å². The number of carboxylic acids is 1. The topological polar surface area (TPSA) is 163 Å². The zero-order valence-corrected chi connectivity index (χ0v) is 17.2. The molecule has 0 fully saturated rings. The molecule has 10 nitrogen and oxygen atoms in total. The van der Waals surface area contributed by atoms with Crippen LogP contribution in [-0.4, -0.2) is 38.4 Å². The van der Waals surface area contributed by atoms with Crippen molar-refractivity contribution in [3.8, 4) is 0 Å². The summed E-state index contributed by atoms with van der Waals surface area (Å²) in [5.74, 6) is -0.633. The van der Waals surface area contributed by atoms with Crippen LogP contribution in [0.15, 0.2) is 35.3 Å². The van der Waals surface area contributed by atoms with Crippen molar-refractivity contribution < 1.29 is 14.7 Å². The Morgan fingerprint density at radius 1 is 1.35 bits per heavy atom. The highest BCUT2D eigenvalue weighted by Gasteiger charge is 2.31. The van der Waals surface area contributed by atoms with Crippen molar-refractivity contribution in [3.63, 3.8) is 0 Å². The lowest BCUT2D eigenvalue weighted by molar-refractivity contribution is -0.137. The summed E-state index contributed by atoms with van der Waals surface area (Å²) in [5.41, 5.74) is 6.82. The first-order chi connectivity index (χ1) is 14.8. The van der Waals surface area contributed by atoms with E-state index < -0.39 is 12.0 Å². The number of nitrogens with two attached hydrogens (primary N) is 1. The number of amides is 1. The SMILES string of the molecule is C[C@@H](CCC(=O)O)Nc1cnc2n(c1=O)C(C(=O)NCc1ccc(C(=N)N)cc1)CC2. The van der Waals surface area contributed by atoms with Gasteiger partial charge in [0.1, 0.15) is 23.4 Å². The van der Waals surface area contributed by atoms with E-state index in [1.165, 1.54) is 10.8 Å². The first-order valence-corrected chi connectivity index (χ1v) is 10.1. The molecule has 3 rings (SSSR count). The summed E-state index contributed by atoms with van der Waals surface area (Å²) in [7, 11) is 0. The second-order valence-corrected chi connectivity index (χ2v) is 7.62. The van der Waals surface area contributed by atoms with Crippen molar-refractivity contribution in [1.29, 1.82) is 5.41 Å². The smallest absolute Gasteiger partial charge is 0.303 e. The average Bonchev–Trinajstić information content (AvgIpc) is 3.18. The molecule has 0 radical (unpaired) electrons. The van der Waals surface area contributed by atoms with E-state index in [0.717, 1.165) is 5.56 Å². The molecule has 0 spiro atoms. The summed E-state index contributed by atoms with van der Waals surface area (Å²) in [6.45, 7) is 2.08. The zero-order chi connectivity index (χ0) is 22.5. The van der Waals surface area contributed by atoms with Gasteiger partial charge in [-0.2, -0.15) is 0 Å². The summed E-state index contributed by atoms with van der Waals surface area (Å²) in [4.78, 5) is 40.8. The molecule has 1 aromatic carbocycles. The van der Waals surface area contributed by atoms with Crippen molar-refractivity contribution in [3.05, 3.63) is 57.8 Å². The van der Waals surface area contributed by atoms with Crippen molar-refractivity contribution in [2.45, 2.75) is 51.2 Å². The third-order valence-corrected chi connectivity index (χ3v) is 5.25. The number of nitrogen functional groups attached to an aromatic ring is 1. The molecule has 10 heteroatoms. The number of carbonyl (C=O) groups excluding carboxylic acids is 1. The van der Waals surface area contributed by atoms with Crippen LogP contribution in [-0.2, 0) is 22.6 Å². The molecule has 2 aromatic rings. The third kappa shape index (κ3) is 5.27. The average molecular weight is 426 g/mol. The number of aromatic nitrogens is 2. The van der Waals surface area contributed by atoms with Gasteiger partial charge in [0.2, 0.25) is 5.91 Å². The highest BCUT2D eigenvalue weighted by atomic mass is 16.4. The maximum absolute atomic E-state index is 13.0. The molecule has 1 unspecified atom stereocenters. The Labute approximate surface area is 179 Å². The number of anilines is 1. The van der Waals surface area contributed by atoms with Crippen LogP contribution in [0.5, 0.6) is 0 Å². The minimum absolute atomic E-state index is 0.00764. The maximum Gasteiger partial charge on any atom is 0.303 e. The molecule has 164 valence electrons. The Kier molecular flexibility index (Phi) is 6.68. The zero-order valence-electron chi connectivity index (χ0n) is 17.2. The Morgan fingerprint density at radius 2 is 2.06 bits per heavy atom. The van der Waals surface area contributed by atoms with Gasteiger partial charge in [0, 0.05) is 31.0 Å². The molecule has 0 saturated heterocycles. The third-order valence-electron chi connectivity index (χ3n) is 5.25. The highest BCUT2D eigenvalue weighted by Crippen LogP contribution is 2.23. The number of aryl methyl sites for hydroxylation is 1. The molecule has 2 atom stereocenters. The van der Waals surface area contributed by atoms with E-state index in [9.17, 15) is 14.4 Å². The summed E-state index contributed by atoms with van der Waals surface area (Å²) in [5, 5.41) is 22.1. The molecule has 0 aliphatic carbocycles. The number of nitrogens with one attached hydrogen (secondary N) is 3. The number of hydrogen-bond acceptors (Lipinski definition) is 6. The first kappa shape index (κ1) is 22.0. The largest absolute Gasteiger partial charge is 0.481 e. The van der Waals surface area contributed by atoms with Gasteiger partial charge >= 0.3 is 5.97 Å². The number of aliphatic carboxylic acids is 1. The van der Waals surface area contributed by atoms with Crippen molar-refractivity contribution in [2.75, 3.05) is 5.32 Å². The molecular formula is C21H26N6O4. The fourth-order valence-electron chi connectivity index (χ4n) is 3.54. The number of fused-ring (bicyclic) bond motifs is 1. The van der Waals surface area contributed by atoms with Gasteiger partial charge in [0.05, 0.1) is 6.20 Å². The molecule has 31 heavy (non-hydrogen) atoms. The Hall–Kier alpha value is -3.69.